The number of ether oxygens (including phenoxy) is 2. The van der Waals surface area contributed by atoms with E-state index in [0.29, 0.717) is 0 Å². The van der Waals surface area contributed by atoms with Crippen LogP contribution in [0.4, 0.5) is 0 Å². The summed E-state index contributed by atoms with van der Waals surface area (Å²) in [7, 11) is 3.28. The van der Waals surface area contributed by atoms with E-state index < -0.39 is 0 Å². The molecule has 1 heterocycles. The normalized spacial score (nSPS) is 10.6. The van der Waals surface area contributed by atoms with Crippen molar-refractivity contribution >= 4 is 23.2 Å². The van der Waals surface area contributed by atoms with Crippen molar-refractivity contribution in [2.45, 2.75) is 0 Å². The number of benzene rings is 2. The van der Waals surface area contributed by atoms with E-state index in [4.69, 9.17) is 26.1 Å². The van der Waals surface area contributed by atoms with E-state index in [0.717, 1.165) is 38.3 Å². The van der Waals surface area contributed by atoms with Crippen LogP contribution in [0.25, 0.3) is 22.3 Å². The average molecular weight is 298 g/mol. The summed E-state index contributed by atoms with van der Waals surface area (Å²) in [5.41, 5.74) is 1.70. The molecule has 3 aromatic rings. The third-order valence-electron chi connectivity index (χ3n) is 3.31. The first kappa shape index (κ1) is 13.6. The minimum atomic E-state index is 0.736. The van der Waals surface area contributed by atoms with Gasteiger partial charge in [-0.05, 0) is 42.5 Å². The van der Waals surface area contributed by atoms with Crippen molar-refractivity contribution in [2.24, 2.45) is 0 Å². The van der Waals surface area contributed by atoms with Gasteiger partial charge in [0.15, 0.2) is 0 Å². The van der Waals surface area contributed by atoms with Crippen molar-refractivity contribution in [3.8, 4) is 22.8 Å². The van der Waals surface area contributed by atoms with Crippen molar-refractivity contribution in [1.82, 2.24) is 0 Å². The first-order valence-electron chi connectivity index (χ1n) is 6.47. The van der Waals surface area contributed by atoms with E-state index in [2.05, 4.69) is 0 Å². The van der Waals surface area contributed by atoms with Gasteiger partial charge in [0.25, 0.3) is 0 Å². The van der Waals surface area contributed by atoms with Crippen LogP contribution < -0.4 is 9.47 Å². The fraction of sp³-hybridized carbons (Fsp3) is 0.118. The Bertz CT molecular complexity index is 835. The first-order valence-corrected chi connectivity index (χ1v) is 6.88. The predicted octanol–water partition coefficient (Wildman–Crippen LogP) is 4.85. The highest BCUT2D eigenvalue weighted by molar-refractivity contribution is 7.71. The lowest BCUT2D eigenvalue weighted by Gasteiger charge is -2.06. The molecule has 0 saturated heterocycles. The summed E-state index contributed by atoms with van der Waals surface area (Å²) in [6.07, 6.45) is 0. The second-order valence-corrected chi connectivity index (χ2v) is 5.01. The molecule has 0 radical (unpaired) electrons. The van der Waals surface area contributed by atoms with E-state index in [1.54, 1.807) is 14.2 Å². The second-order valence-electron chi connectivity index (χ2n) is 4.57. The molecule has 0 saturated carbocycles. The molecule has 0 aliphatic carbocycles. The summed E-state index contributed by atoms with van der Waals surface area (Å²) < 4.78 is 17.1. The molecule has 106 valence electrons. The molecule has 0 unspecified atom stereocenters. The van der Waals surface area contributed by atoms with Gasteiger partial charge in [-0.1, -0.05) is 12.2 Å². The molecule has 0 N–H and O–H groups in total. The fourth-order valence-electron chi connectivity index (χ4n) is 2.16. The predicted molar refractivity (Wildman–Crippen MR) is 85.6 cm³/mol. The van der Waals surface area contributed by atoms with Gasteiger partial charge in [-0.15, -0.1) is 0 Å². The minimum absolute atomic E-state index is 0.736. The van der Waals surface area contributed by atoms with Crippen LogP contribution in [0, 0.1) is 4.51 Å². The number of methoxy groups -OCH3 is 2. The van der Waals surface area contributed by atoms with Crippen molar-refractivity contribution in [3.63, 3.8) is 0 Å². The molecule has 0 aliphatic heterocycles. The van der Waals surface area contributed by atoms with Crippen LogP contribution in [0.15, 0.2) is 52.9 Å². The van der Waals surface area contributed by atoms with Gasteiger partial charge in [0.1, 0.15) is 22.8 Å². The zero-order chi connectivity index (χ0) is 14.8. The second kappa shape index (κ2) is 5.58. The molecular formula is C17H14O3S. The van der Waals surface area contributed by atoms with Gasteiger partial charge in [0.05, 0.1) is 18.7 Å². The zero-order valence-corrected chi connectivity index (χ0v) is 12.6. The van der Waals surface area contributed by atoms with Crippen LogP contribution in [0.2, 0.25) is 0 Å². The zero-order valence-electron chi connectivity index (χ0n) is 11.8. The highest BCUT2D eigenvalue weighted by Crippen LogP contribution is 2.29. The number of fused-ring (bicyclic) bond motifs is 1. The van der Waals surface area contributed by atoms with Crippen LogP contribution in [0.5, 0.6) is 11.5 Å². The SMILES string of the molecule is COc1ccc(-c2cc(=S)c3cc(OC)ccc3o2)cc1. The Hall–Kier alpha value is -2.33. The van der Waals surface area contributed by atoms with Crippen molar-refractivity contribution < 1.29 is 13.9 Å². The Balaban J connectivity index is 2.13. The van der Waals surface area contributed by atoms with Crippen LogP contribution in [-0.2, 0) is 0 Å². The molecule has 2 aromatic carbocycles. The number of hydrogen-bond donors (Lipinski definition) is 0. The smallest absolute Gasteiger partial charge is 0.136 e. The quantitative estimate of drug-likeness (QED) is 0.647. The third kappa shape index (κ3) is 2.62. The van der Waals surface area contributed by atoms with Crippen molar-refractivity contribution in [3.05, 3.63) is 53.0 Å². The highest BCUT2D eigenvalue weighted by Gasteiger charge is 2.06. The molecule has 0 atom stereocenters. The Kier molecular flexibility index (Phi) is 3.62. The Morgan fingerprint density at radius 1 is 0.857 bits per heavy atom. The van der Waals surface area contributed by atoms with Crippen molar-refractivity contribution in [2.75, 3.05) is 14.2 Å². The molecule has 0 amide bonds. The minimum Gasteiger partial charge on any atom is -0.497 e. The van der Waals surface area contributed by atoms with Gasteiger partial charge in [0.2, 0.25) is 0 Å². The molecule has 1 aromatic heterocycles. The summed E-state index contributed by atoms with van der Waals surface area (Å²) in [6.45, 7) is 0. The van der Waals surface area contributed by atoms with Crippen LogP contribution in [0.1, 0.15) is 0 Å². The maximum atomic E-state index is 5.94. The van der Waals surface area contributed by atoms with Gasteiger partial charge in [-0.3, -0.25) is 0 Å². The summed E-state index contributed by atoms with van der Waals surface area (Å²) in [5.74, 6) is 2.31. The molecule has 0 bridgehead atoms. The molecule has 3 rings (SSSR count). The summed E-state index contributed by atoms with van der Waals surface area (Å²) >= 11 is 5.46. The molecular weight excluding hydrogens is 284 g/mol. The number of rotatable bonds is 3. The van der Waals surface area contributed by atoms with E-state index in [9.17, 15) is 0 Å². The van der Waals surface area contributed by atoms with E-state index >= 15 is 0 Å². The molecule has 3 nitrogen and oxygen atoms in total. The van der Waals surface area contributed by atoms with Gasteiger partial charge < -0.3 is 13.9 Å². The Labute approximate surface area is 127 Å². The maximum Gasteiger partial charge on any atom is 0.136 e. The Morgan fingerprint density at radius 2 is 1.52 bits per heavy atom. The summed E-state index contributed by atoms with van der Waals surface area (Å²) in [5, 5.41) is 0.876. The lowest BCUT2D eigenvalue weighted by atomic mass is 10.1. The summed E-state index contributed by atoms with van der Waals surface area (Å²) in [6, 6.07) is 15.2. The molecule has 4 heteroatoms. The molecule has 0 fully saturated rings. The fourth-order valence-corrected chi connectivity index (χ4v) is 2.43. The van der Waals surface area contributed by atoms with Crippen LogP contribution >= 0.6 is 12.2 Å². The van der Waals surface area contributed by atoms with Gasteiger partial charge >= 0.3 is 0 Å². The van der Waals surface area contributed by atoms with Gasteiger partial charge in [0, 0.05) is 17.0 Å². The lowest BCUT2D eigenvalue weighted by molar-refractivity contribution is 0.414. The lowest BCUT2D eigenvalue weighted by Crippen LogP contribution is -1.85. The molecule has 21 heavy (non-hydrogen) atoms. The standard InChI is InChI=1S/C17H14O3S/c1-18-12-5-3-11(4-6-12)16-10-17(21)14-9-13(19-2)7-8-15(14)20-16/h3-10H,1-2H3. The highest BCUT2D eigenvalue weighted by atomic mass is 32.1. The van der Waals surface area contributed by atoms with Crippen LogP contribution in [-0.4, -0.2) is 14.2 Å². The average Bonchev–Trinajstić information content (AvgIpc) is 2.54. The largest absolute Gasteiger partial charge is 0.497 e. The molecule has 0 spiro atoms. The summed E-state index contributed by atoms with van der Waals surface area (Å²) in [4.78, 5) is 0. The van der Waals surface area contributed by atoms with Gasteiger partial charge in [-0.25, -0.2) is 0 Å². The van der Waals surface area contributed by atoms with Gasteiger partial charge in [-0.2, -0.15) is 0 Å². The van der Waals surface area contributed by atoms with E-state index in [1.807, 2.05) is 48.5 Å². The number of hydrogen-bond acceptors (Lipinski definition) is 4. The van der Waals surface area contributed by atoms with E-state index in [1.165, 1.54) is 0 Å². The topological polar surface area (TPSA) is 31.6 Å². The van der Waals surface area contributed by atoms with Crippen molar-refractivity contribution in [1.29, 1.82) is 0 Å². The maximum absolute atomic E-state index is 5.94. The Morgan fingerprint density at radius 3 is 2.19 bits per heavy atom. The van der Waals surface area contributed by atoms with Crippen LogP contribution in [0.3, 0.4) is 0 Å². The third-order valence-corrected chi connectivity index (χ3v) is 3.65. The first-order chi connectivity index (χ1) is 10.2. The van der Waals surface area contributed by atoms with E-state index in [-0.39, 0.29) is 0 Å². The molecule has 0 aliphatic rings. The monoisotopic (exact) mass is 298 g/mol.